The van der Waals surface area contributed by atoms with E-state index in [1.807, 2.05) is 43.6 Å². The quantitative estimate of drug-likeness (QED) is 0.829. The minimum atomic E-state index is 0.736. The number of nitriles is 1. The number of hydrogen-bond acceptors (Lipinski definition) is 3. The molecule has 0 spiro atoms. The van der Waals surface area contributed by atoms with Crippen molar-refractivity contribution in [2.75, 3.05) is 0 Å². The molecule has 0 fully saturated rings. The van der Waals surface area contributed by atoms with E-state index in [2.05, 4.69) is 18.0 Å². The fourth-order valence-corrected chi connectivity index (χ4v) is 2.25. The average Bonchev–Trinajstić information content (AvgIpc) is 2.93. The van der Waals surface area contributed by atoms with Gasteiger partial charge in [-0.05, 0) is 36.6 Å². The lowest BCUT2D eigenvalue weighted by atomic mass is 10.0. The van der Waals surface area contributed by atoms with Crippen molar-refractivity contribution in [3.63, 3.8) is 0 Å². The highest BCUT2D eigenvalue weighted by molar-refractivity contribution is 7.09. The SMILES string of the molecule is CC.Cc1ccc(C#N)cc1CCc1nccs1. The molecule has 0 aliphatic carbocycles. The summed E-state index contributed by atoms with van der Waals surface area (Å²) < 4.78 is 0. The van der Waals surface area contributed by atoms with Gasteiger partial charge in [0.2, 0.25) is 0 Å². The summed E-state index contributed by atoms with van der Waals surface area (Å²) in [6.45, 7) is 6.08. The van der Waals surface area contributed by atoms with E-state index in [0.717, 1.165) is 23.4 Å². The van der Waals surface area contributed by atoms with Gasteiger partial charge in [0.1, 0.15) is 0 Å². The highest BCUT2D eigenvalue weighted by atomic mass is 32.1. The van der Waals surface area contributed by atoms with Crippen LogP contribution >= 0.6 is 11.3 Å². The molecule has 0 amide bonds. The predicted octanol–water partition coefficient (Wildman–Crippen LogP) is 4.13. The lowest BCUT2D eigenvalue weighted by Gasteiger charge is -2.04. The molecule has 0 saturated carbocycles. The number of rotatable bonds is 3. The van der Waals surface area contributed by atoms with Crippen molar-refractivity contribution in [2.45, 2.75) is 33.6 Å². The van der Waals surface area contributed by atoms with Gasteiger partial charge in [-0.2, -0.15) is 5.26 Å². The lowest BCUT2D eigenvalue weighted by molar-refractivity contribution is 0.934. The van der Waals surface area contributed by atoms with E-state index in [4.69, 9.17) is 5.26 Å². The molecule has 0 saturated heterocycles. The monoisotopic (exact) mass is 258 g/mol. The molecule has 2 nitrogen and oxygen atoms in total. The molecule has 0 aliphatic rings. The van der Waals surface area contributed by atoms with Crippen LogP contribution in [-0.2, 0) is 12.8 Å². The molecule has 0 aliphatic heterocycles. The van der Waals surface area contributed by atoms with Crippen molar-refractivity contribution in [1.29, 1.82) is 5.26 Å². The normalized spacial score (nSPS) is 9.22. The first kappa shape index (κ1) is 14.4. The molecule has 2 rings (SSSR count). The van der Waals surface area contributed by atoms with E-state index >= 15 is 0 Å². The molecule has 18 heavy (non-hydrogen) atoms. The van der Waals surface area contributed by atoms with Crippen LogP contribution in [0.1, 0.15) is 35.5 Å². The largest absolute Gasteiger partial charge is 0.250 e. The smallest absolute Gasteiger partial charge is 0.0991 e. The zero-order chi connectivity index (χ0) is 13.4. The molecule has 94 valence electrons. The van der Waals surface area contributed by atoms with Crippen molar-refractivity contribution in [2.24, 2.45) is 0 Å². The number of thiazole rings is 1. The third-order valence-corrected chi connectivity index (χ3v) is 3.41. The van der Waals surface area contributed by atoms with Gasteiger partial charge in [0.15, 0.2) is 0 Å². The molecule has 1 heterocycles. The van der Waals surface area contributed by atoms with Crippen molar-refractivity contribution >= 4 is 11.3 Å². The first-order valence-electron chi connectivity index (χ1n) is 6.17. The minimum Gasteiger partial charge on any atom is -0.250 e. The van der Waals surface area contributed by atoms with Crippen LogP contribution in [-0.4, -0.2) is 4.98 Å². The topological polar surface area (TPSA) is 36.7 Å². The Labute approximate surface area is 113 Å². The Kier molecular flexibility index (Phi) is 6.10. The molecular weight excluding hydrogens is 240 g/mol. The summed E-state index contributed by atoms with van der Waals surface area (Å²) in [7, 11) is 0. The van der Waals surface area contributed by atoms with Crippen LogP contribution in [0.2, 0.25) is 0 Å². The second-order valence-electron chi connectivity index (χ2n) is 3.68. The molecule has 0 unspecified atom stereocenters. The van der Waals surface area contributed by atoms with Crippen LogP contribution in [0.3, 0.4) is 0 Å². The zero-order valence-electron chi connectivity index (χ0n) is 11.1. The predicted molar refractivity (Wildman–Crippen MR) is 76.8 cm³/mol. The average molecular weight is 258 g/mol. The van der Waals surface area contributed by atoms with Gasteiger partial charge in [-0.25, -0.2) is 4.98 Å². The van der Waals surface area contributed by atoms with Crippen molar-refractivity contribution in [1.82, 2.24) is 4.98 Å². The van der Waals surface area contributed by atoms with Crippen LogP contribution in [0.5, 0.6) is 0 Å². The molecule has 0 N–H and O–H groups in total. The maximum absolute atomic E-state index is 8.84. The summed E-state index contributed by atoms with van der Waals surface area (Å²) in [6, 6.07) is 8.02. The molecule has 2 aromatic rings. The summed E-state index contributed by atoms with van der Waals surface area (Å²) in [4.78, 5) is 4.26. The lowest BCUT2D eigenvalue weighted by Crippen LogP contribution is -1.94. The van der Waals surface area contributed by atoms with Crippen LogP contribution < -0.4 is 0 Å². The van der Waals surface area contributed by atoms with E-state index in [0.29, 0.717) is 0 Å². The van der Waals surface area contributed by atoms with Crippen LogP contribution in [0.25, 0.3) is 0 Å². The Bertz CT molecular complexity index is 510. The molecule has 0 atom stereocenters. The summed E-state index contributed by atoms with van der Waals surface area (Å²) in [5, 5.41) is 12.0. The number of nitrogens with zero attached hydrogens (tertiary/aromatic N) is 2. The van der Waals surface area contributed by atoms with E-state index in [9.17, 15) is 0 Å². The highest BCUT2D eigenvalue weighted by Gasteiger charge is 2.02. The van der Waals surface area contributed by atoms with Gasteiger partial charge in [-0.15, -0.1) is 11.3 Å². The number of benzene rings is 1. The Morgan fingerprint density at radius 1 is 1.28 bits per heavy atom. The zero-order valence-corrected chi connectivity index (χ0v) is 11.9. The first-order chi connectivity index (χ1) is 8.79. The van der Waals surface area contributed by atoms with Gasteiger partial charge in [0.05, 0.1) is 16.6 Å². The summed E-state index contributed by atoms with van der Waals surface area (Å²) in [6.07, 6.45) is 3.74. The van der Waals surface area contributed by atoms with E-state index < -0.39 is 0 Å². The third kappa shape index (κ3) is 3.97. The number of aryl methyl sites for hydroxylation is 3. The molecular formula is C15H18N2S. The maximum atomic E-state index is 8.84. The first-order valence-corrected chi connectivity index (χ1v) is 7.05. The van der Waals surface area contributed by atoms with E-state index in [1.54, 1.807) is 11.3 Å². The van der Waals surface area contributed by atoms with Crippen LogP contribution in [0, 0.1) is 18.3 Å². The highest BCUT2D eigenvalue weighted by Crippen LogP contribution is 2.14. The van der Waals surface area contributed by atoms with Gasteiger partial charge < -0.3 is 0 Å². The van der Waals surface area contributed by atoms with Gasteiger partial charge in [0.25, 0.3) is 0 Å². The Morgan fingerprint density at radius 3 is 2.67 bits per heavy atom. The number of hydrogen-bond donors (Lipinski definition) is 0. The summed E-state index contributed by atoms with van der Waals surface area (Å²) in [5.41, 5.74) is 3.23. The fourth-order valence-electron chi connectivity index (χ4n) is 1.63. The van der Waals surface area contributed by atoms with Gasteiger partial charge in [0, 0.05) is 18.0 Å². The minimum absolute atomic E-state index is 0.736. The van der Waals surface area contributed by atoms with Crippen molar-refractivity contribution in [3.8, 4) is 6.07 Å². The maximum Gasteiger partial charge on any atom is 0.0991 e. The van der Waals surface area contributed by atoms with E-state index in [-0.39, 0.29) is 0 Å². The standard InChI is InChI=1S/C13H12N2S.C2H6/c1-10-2-3-11(9-14)8-12(10)4-5-13-15-6-7-16-13;1-2/h2-3,6-8H,4-5H2,1H3;1-2H3. The van der Waals surface area contributed by atoms with E-state index in [1.165, 1.54) is 11.1 Å². The molecule has 3 heteroatoms. The number of aromatic nitrogens is 1. The molecule has 1 aromatic carbocycles. The second-order valence-corrected chi connectivity index (χ2v) is 4.66. The molecule has 0 bridgehead atoms. The van der Waals surface area contributed by atoms with Gasteiger partial charge >= 0.3 is 0 Å². The van der Waals surface area contributed by atoms with Crippen molar-refractivity contribution in [3.05, 3.63) is 51.5 Å². The second kappa shape index (κ2) is 7.62. The van der Waals surface area contributed by atoms with Crippen LogP contribution in [0.15, 0.2) is 29.8 Å². The fraction of sp³-hybridized carbons (Fsp3) is 0.333. The summed E-state index contributed by atoms with van der Waals surface area (Å²) >= 11 is 1.68. The van der Waals surface area contributed by atoms with Gasteiger partial charge in [-0.3, -0.25) is 0 Å². The molecule has 0 radical (unpaired) electrons. The Hall–Kier alpha value is -1.66. The molecule has 1 aromatic heterocycles. The van der Waals surface area contributed by atoms with Crippen LogP contribution in [0.4, 0.5) is 0 Å². The third-order valence-electron chi connectivity index (χ3n) is 2.57. The Balaban J connectivity index is 0.000000771. The van der Waals surface area contributed by atoms with Gasteiger partial charge in [-0.1, -0.05) is 19.9 Å². The summed E-state index contributed by atoms with van der Waals surface area (Å²) in [5.74, 6) is 0. The Morgan fingerprint density at radius 2 is 2.06 bits per heavy atom. The van der Waals surface area contributed by atoms with Crippen molar-refractivity contribution < 1.29 is 0 Å².